The van der Waals surface area contributed by atoms with Crippen LogP contribution in [0, 0.1) is 0 Å². The van der Waals surface area contributed by atoms with Crippen molar-refractivity contribution < 1.29 is 22.9 Å². The first-order valence-electron chi connectivity index (χ1n) is 5.80. The summed E-state index contributed by atoms with van der Waals surface area (Å²) in [5.74, 6) is -0.815. The van der Waals surface area contributed by atoms with Gasteiger partial charge in [-0.15, -0.1) is 0 Å². The van der Waals surface area contributed by atoms with Gasteiger partial charge in [-0.25, -0.2) is 0 Å². The third-order valence-corrected chi connectivity index (χ3v) is 5.01. The lowest BCUT2D eigenvalue weighted by Crippen LogP contribution is -2.27. The number of rotatable bonds is 3. The summed E-state index contributed by atoms with van der Waals surface area (Å²) in [6.45, 7) is 2.25. The van der Waals surface area contributed by atoms with E-state index in [1.807, 2.05) is 0 Å². The summed E-state index contributed by atoms with van der Waals surface area (Å²) in [6.07, 6.45) is 1.46. The Hall–Kier alpha value is -1.42. The number of likely N-dealkylation sites (N-methyl/N-ethyl adjacent to an activating group) is 1. The predicted molar refractivity (Wildman–Crippen MR) is 83.5 cm³/mol. The third-order valence-electron chi connectivity index (χ3n) is 2.75. The number of aromatic hydroxyl groups is 1. The van der Waals surface area contributed by atoms with Crippen molar-refractivity contribution in [1.82, 2.24) is 4.90 Å². The molecule has 0 spiro atoms. The van der Waals surface area contributed by atoms with Crippen LogP contribution in [0.5, 0.6) is 5.75 Å². The maximum Gasteiger partial charge on any atom is 0.298 e. The van der Waals surface area contributed by atoms with E-state index in [0.717, 1.165) is 23.9 Å². The number of carbonyl (C=O) groups excluding carboxylic acids is 1. The third kappa shape index (κ3) is 3.26. The highest BCUT2D eigenvalue weighted by molar-refractivity contribution is 8.26. The van der Waals surface area contributed by atoms with Crippen LogP contribution in [0.4, 0.5) is 0 Å². The van der Waals surface area contributed by atoms with E-state index in [1.165, 1.54) is 17.0 Å². The molecular weight excluding hydrogens is 334 g/mol. The first-order valence-corrected chi connectivity index (χ1v) is 8.46. The monoisotopic (exact) mass is 345 g/mol. The minimum atomic E-state index is -4.54. The molecule has 1 amide bonds. The van der Waals surface area contributed by atoms with E-state index in [0.29, 0.717) is 21.3 Å². The molecule has 21 heavy (non-hydrogen) atoms. The molecule has 0 saturated carbocycles. The molecule has 1 saturated heterocycles. The Morgan fingerprint density at radius 2 is 2.10 bits per heavy atom. The summed E-state index contributed by atoms with van der Waals surface area (Å²) in [5, 5.41) is 9.44. The van der Waals surface area contributed by atoms with Gasteiger partial charge in [-0.05, 0) is 30.7 Å². The summed E-state index contributed by atoms with van der Waals surface area (Å²) in [4.78, 5) is 13.2. The van der Waals surface area contributed by atoms with Gasteiger partial charge in [0.05, 0.1) is 4.91 Å². The summed E-state index contributed by atoms with van der Waals surface area (Å²) < 4.78 is 31.7. The number of carbonyl (C=O) groups is 1. The van der Waals surface area contributed by atoms with Crippen molar-refractivity contribution >= 4 is 50.4 Å². The highest BCUT2D eigenvalue weighted by Crippen LogP contribution is 2.33. The standard InChI is InChI=1S/C12H11NO5S3/c1-2-13-11(15)9(20-12(13)19)5-7-3-4-8(14)10(6-7)21(16,17)18/h3-6,14H,2H2,1H3,(H,16,17,18). The van der Waals surface area contributed by atoms with Gasteiger partial charge in [-0.2, -0.15) is 8.42 Å². The Balaban J connectivity index is 2.44. The van der Waals surface area contributed by atoms with Crippen LogP contribution in [0.2, 0.25) is 0 Å². The Labute approximate surface area is 131 Å². The average Bonchev–Trinajstić information content (AvgIpc) is 2.65. The van der Waals surface area contributed by atoms with Crippen LogP contribution in [0.3, 0.4) is 0 Å². The fraction of sp³-hybridized carbons (Fsp3) is 0.167. The van der Waals surface area contributed by atoms with Crippen LogP contribution in [-0.4, -0.2) is 39.7 Å². The van der Waals surface area contributed by atoms with E-state index < -0.39 is 20.8 Å². The number of phenols is 1. The molecule has 1 heterocycles. The molecule has 1 fully saturated rings. The van der Waals surface area contributed by atoms with E-state index in [2.05, 4.69) is 0 Å². The first kappa shape index (κ1) is 16.0. The molecule has 0 unspecified atom stereocenters. The molecule has 1 aliphatic rings. The molecule has 0 radical (unpaired) electrons. The zero-order valence-electron chi connectivity index (χ0n) is 10.8. The fourth-order valence-corrected chi connectivity index (χ4v) is 3.75. The molecular formula is C12H11NO5S3. The second kappa shape index (κ2) is 5.76. The number of thioether (sulfide) groups is 1. The fourth-order valence-electron chi connectivity index (χ4n) is 1.75. The minimum Gasteiger partial charge on any atom is -0.506 e. The van der Waals surface area contributed by atoms with E-state index in [-0.39, 0.29) is 5.91 Å². The molecule has 1 aromatic carbocycles. The van der Waals surface area contributed by atoms with Gasteiger partial charge in [0, 0.05) is 6.54 Å². The van der Waals surface area contributed by atoms with E-state index in [1.54, 1.807) is 6.92 Å². The Morgan fingerprint density at radius 1 is 1.43 bits per heavy atom. The normalized spacial score (nSPS) is 17.8. The molecule has 0 bridgehead atoms. The highest BCUT2D eigenvalue weighted by Gasteiger charge is 2.30. The second-order valence-corrected chi connectivity index (χ2v) is 7.19. The van der Waals surface area contributed by atoms with Crippen LogP contribution < -0.4 is 0 Å². The first-order chi connectivity index (χ1) is 9.74. The smallest absolute Gasteiger partial charge is 0.298 e. The Kier molecular flexibility index (Phi) is 4.38. The summed E-state index contributed by atoms with van der Waals surface area (Å²) >= 11 is 6.18. The molecule has 6 nitrogen and oxygen atoms in total. The lowest BCUT2D eigenvalue weighted by molar-refractivity contribution is -0.121. The largest absolute Gasteiger partial charge is 0.506 e. The van der Waals surface area contributed by atoms with Crippen LogP contribution in [-0.2, 0) is 14.9 Å². The lowest BCUT2D eigenvalue weighted by Gasteiger charge is -2.09. The number of amides is 1. The minimum absolute atomic E-state index is 0.256. The van der Waals surface area contributed by atoms with Crippen LogP contribution in [0.15, 0.2) is 28.0 Å². The van der Waals surface area contributed by atoms with Crippen LogP contribution >= 0.6 is 24.0 Å². The number of benzene rings is 1. The van der Waals surface area contributed by atoms with Crippen molar-refractivity contribution in [3.8, 4) is 5.75 Å². The lowest BCUT2D eigenvalue weighted by atomic mass is 10.2. The number of hydrogen-bond acceptors (Lipinski definition) is 6. The Bertz CT molecular complexity index is 754. The molecule has 1 aliphatic heterocycles. The molecule has 2 rings (SSSR count). The van der Waals surface area contributed by atoms with Gasteiger partial charge >= 0.3 is 0 Å². The highest BCUT2D eigenvalue weighted by atomic mass is 32.2. The Morgan fingerprint density at radius 3 is 2.62 bits per heavy atom. The van der Waals surface area contributed by atoms with Gasteiger partial charge < -0.3 is 5.11 Å². The molecule has 9 heteroatoms. The zero-order chi connectivity index (χ0) is 15.8. The molecule has 2 N–H and O–H groups in total. The van der Waals surface area contributed by atoms with Crippen molar-refractivity contribution in [2.45, 2.75) is 11.8 Å². The van der Waals surface area contributed by atoms with Crippen LogP contribution in [0.25, 0.3) is 6.08 Å². The van der Waals surface area contributed by atoms with Crippen LogP contribution in [0.1, 0.15) is 12.5 Å². The van der Waals surface area contributed by atoms with Gasteiger partial charge in [0.2, 0.25) is 0 Å². The van der Waals surface area contributed by atoms with E-state index >= 15 is 0 Å². The number of thiocarbonyl (C=S) groups is 1. The number of hydrogen-bond donors (Lipinski definition) is 2. The number of phenolic OH excluding ortho intramolecular Hbond substituents is 1. The second-order valence-electron chi connectivity index (χ2n) is 4.13. The summed E-state index contributed by atoms with van der Waals surface area (Å²) in [7, 11) is -4.54. The van der Waals surface area contributed by atoms with Gasteiger partial charge in [-0.3, -0.25) is 14.2 Å². The van der Waals surface area contributed by atoms with Crippen molar-refractivity contribution in [1.29, 1.82) is 0 Å². The topological polar surface area (TPSA) is 94.9 Å². The molecule has 112 valence electrons. The average molecular weight is 345 g/mol. The molecule has 0 atom stereocenters. The maximum absolute atomic E-state index is 12.0. The van der Waals surface area contributed by atoms with E-state index in [4.69, 9.17) is 16.8 Å². The quantitative estimate of drug-likeness (QED) is 0.490. The molecule has 1 aromatic rings. The predicted octanol–water partition coefficient (Wildman–Crippen LogP) is 1.86. The van der Waals surface area contributed by atoms with Crippen molar-refractivity contribution in [2.75, 3.05) is 6.54 Å². The van der Waals surface area contributed by atoms with Crippen molar-refractivity contribution in [3.05, 3.63) is 28.7 Å². The molecule has 0 aromatic heterocycles. The summed E-state index contributed by atoms with van der Waals surface area (Å²) in [6, 6.07) is 3.65. The van der Waals surface area contributed by atoms with Gasteiger partial charge in [-0.1, -0.05) is 30.0 Å². The van der Waals surface area contributed by atoms with Gasteiger partial charge in [0.25, 0.3) is 16.0 Å². The molecule has 0 aliphatic carbocycles. The maximum atomic E-state index is 12.0. The van der Waals surface area contributed by atoms with Gasteiger partial charge in [0.15, 0.2) is 0 Å². The summed E-state index contributed by atoms with van der Waals surface area (Å²) in [5.41, 5.74) is 0.358. The zero-order valence-corrected chi connectivity index (χ0v) is 13.3. The van der Waals surface area contributed by atoms with Gasteiger partial charge in [0.1, 0.15) is 15.0 Å². The number of nitrogens with zero attached hydrogens (tertiary/aromatic N) is 1. The van der Waals surface area contributed by atoms with E-state index in [9.17, 15) is 18.3 Å². The SMILES string of the molecule is CCN1C(=O)C(=Cc2ccc(O)c(S(=O)(=O)O)c2)SC1=S. The van der Waals surface area contributed by atoms with Crippen molar-refractivity contribution in [2.24, 2.45) is 0 Å². The van der Waals surface area contributed by atoms with Crippen molar-refractivity contribution in [3.63, 3.8) is 0 Å².